The van der Waals surface area contributed by atoms with Crippen LogP contribution in [0.2, 0.25) is 0 Å². The Kier molecular flexibility index (Phi) is 6.95. The second kappa shape index (κ2) is 10.0. The molecular weight excluding hydrogens is 376 g/mol. The van der Waals surface area contributed by atoms with E-state index in [9.17, 15) is 9.59 Å². The standard InChI is InChI=1S/C24H24N4O2/c1-17-8-10-19(11-9-17)24(30)28-27-18(2)16-23(29)26-22-14-12-21(13-15-22)25-20-6-4-3-5-7-20/h3-15,25H,16H2,1-2H3,(H,26,29)(H,28,30)/b27-18-. The molecule has 0 unspecified atom stereocenters. The highest BCUT2D eigenvalue weighted by Crippen LogP contribution is 2.18. The summed E-state index contributed by atoms with van der Waals surface area (Å²) in [6.07, 6.45) is 0.0815. The largest absolute Gasteiger partial charge is 0.356 e. The van der Waals surface area contributed by atoms with E-state index in [1.54, 1.807) is 19.1 Å². The third-order valence-electron chi connectivity index (χ3n) is 4.31. The van der Waals surface area contributed by atoms with E-state index < -0.39 is 0 Å². The van der Waals surface area contributed by atoms with Crippen molar-refractivity contribution in [2.45, 2.75) is 20.3 Å². The number of benzene rings is 3. The van der Waals surface area contributed by atoms with Gasteiger partial charge >= 0.3 is 0 Å². The van der Waals surface area contributed by atoms with Gasteiger partial charge in [-0.15, -0.1) is 0 Å². The normalized spacial score (nSPS) is 10.9. The van der Waals surface area contributed by atoms with E-state index >= 15 is 0 Å². The van der Waals surface area contributed by atoms with Gasteiger partial charge in [-0.1, -0.05) is 35.9 Å². The maximum atomic E-state index is 12.2. The van der Waals surface area contributed by atoms with Crippen LogP contribution in [0.15, 0.2) is 84.0 Å². The topological polar surface area (TPSA) is 82.6 Å². The van der Waals surface area contributed by atoms with Crippen LogP contribution in [0.1, 0.15) is 29.3 Å². The van der Waals surface area contributed by atoms with Gasteiger partial charge in [-0.3, -0.25) is 9.59 Å². The molecule has 30 heavy (non-hydrogen) atoms. The van der Waals surface area contributed by atoms with Crippen molar-refractivity contribution in [1.29, 1.82) is 0 Å². The molecule has 0 bridgehead atoms. The maximum absolute atomic E-state index is 12.2. The number of hydrogen-bond acceptors (Lipinski definition) is 4. The van der Waals surface area contributed by atoms with Gasteiger partial charge < -0.3 is 10.6 Å². The molecule has 0 spiro atoms. The molecular formula is C24H24N4O2. The summed E-state index contributed by atoms with van der Waals surface area (Å²) in [6.45, 7) is 3.65. The zero-order chi connectivity index (χ0) is 21.3. The van der Waals surface area contributed by atoms with E-state index in [0.717, 1.165) is 16.9 Å². The maximum Gasteiger partial charge on any atom is 0.271 e. The van der Waals surface area contributed by atoms with Gasteiger partial charge in [0.05, 0.1) is 6.42 Å². The van der Waals surface area contributed by atoms with Crippen LogP contribution in [0.4, 0.5) is 17.1 Å². The molecule has 0 saturated carbocycles. The SMILES string of the molecule is C/C(CC(=O)Nc1ccc(Nc2ccccc2)cc1)=N/NC(=O)c1ccc(C)cc1. The summed E-state index contributed by atoms with van der Waals surface area (Å²) in [7, 11) is 0. The van der Waals surface area contributed by atoms with Crippen molar-refractivity contribution >= 4 is 34.6 Å². The molecule has 0 fully saturated rings. The molecule has 0 aliphatic rings. The molecule has 3 aromatic carbocycles. The molecule has 0 saturated heterocycles. The van der Waals surface area contributed by atoms with E-state index in [4.69, 9.17) is 0 Å². The molecule has 0 radical (unpaired) electrons. The summed E-state index contributed by atoms with van der Waals surface area (Å²) < 4.78 is 0. The predicted octanol–water partition coefficient (Wildman–Crippen LogP) is 4.87. The zero-order valence-corrected chi connectivity index (χ0v) is 17.0. The summed E-state index contributed by atoms with van der Waals surface area (Å²) >= 11 is 0. The Hall–Kier alpha value is -3.93. The van der Waals surface area contributed by atoms with Crippen molar-refractivity contribution in [2.24, 2.45) is 5.10 Å². The molecule has 0 aliphatic heterocycles. The second-order valence-corrected chi connectivity index (χ2v) is 6.95. The molecule has 3 rings (SSSR count). The van der Waals surface area contributed by atoms with E-state index in [0.29, 0.717) is 17.0 Å². The molecule has 0 heterocycles. The second-order valence-electron chi connectivity index (χ2n) is 6.95. The van der Waals surface area contributed by atoms with E-state index in [2.05, 4.69) is 21.2 Å². The Labute approximate surface area is 176 Å². The van der Waals surface area contributed by atoms with Crippen molar-refractivity contribution in [3.8, 4) is 0 Å². The third kappa shape index (κ3) is 6.31. The number of nitrogens with one attached hydrogen (secondary N) is 3. The Bertz CT molecular complexity index is 1030. The summed E-state index contributed by atoms with van der Waals surface area (Å²) in [5, 5.41) is 10.1. The number of carbonyl (C=O) groups excluding carboxylic acids is 2. The fourth-order valence-corrected chi connectivity index (χ4v) is 2.72. The van der Waals surface area contributed by atoms with Crippen LogP contribution in [0, 0.1) is 6.92 Å². The van der Waals surface area contributed by atoms with E-state index in [1.807, 2.05) is 73.7 Å². The van der Waals surface area contributed by atoms with Crippen molar-refractivity contribution in [2.75, 3.05) is 10.6 Å². The Morgan fingerprint density at radius 2 is 1.40 bits per heavy atom. The number of rotatable bonds is 7. The summed E-state index contributed by atoms with van der Waals surface area (Å²) in [6, 6.07) is 24.5. The minimum Gasteiger partial charge on any atom is -0.356 e. The molecule has 3 aromatic rings. The van der Waals surface area contributed by atoms with Crippen LogP contribution >= 0.6 is 0 Å². The number of hydrogen-bond donors (Lipinski definition) is 3. The lowest BCUT2D eigenvalue weighted by atomic mass is 10.1. The lowest BCUT2D eigenvalue weighted by molar-refractivity contribution is -0.115. The van der Waals surface area contributed by atoms with Crippen LogP contribution in [0.25, 0.3) is 0 Å². The van der Waals surface area contributed by atoms with Crippen LogP contribution in [-0.4, -0.2) is 17.5 Å². The minimum atomic E-state index is -0.309. The first-order valence-electron chi connectivity index (χ1n) is 9.62. The molecule has 6 heteroatoms. The predicted molar refractivity (Wildman–Crippen MR) is 121 cm³/mol. The highest BCUT2D eigenvalue weighted by atomic mass is 16.2. The first-order chi connectivity index (χ1) is 14.5. The number of aryl methyl sites for hydroxylation is 1. The lowest BCUT2D eigenvalue weighted by Crippen LogP contribution is -2.21. The Morgan fingerprint density at radius 1 is 0.800 bits per heavy atom. The van der Waals surface area contributed by atoms with Gasteiger partial charge in [0, 0.05) is 28.3 Å². The van der Waals surface area contributed by atoms with Gasteiger partial charge in [0.1, 0.15) is 0 Å². The number of amides is 2. The molecule has 152 valence electrons. The fourth-order valence-electron chi connectivity index (χ4n) is 2.72. The first kappa shape index (κ1) is 20.8. The summed E-state index contributed by atoms with van der Waals surface area (Å²) in [4.78, 5) is 24.3. The number of hydrazone groups is 1. The molecule has 0 aromatic heterocycles. The lowest BCUT2D eigenvalue weighted by Gasteiger charge is -2.09. The van der Waals surface area contributed by atoms with Crippen LogP contribution in [0.5, 0.6) is 0 Å². The fraction of sp³-hybridized carbons (Fsp3) is 0.125. The van der Waals surface area contributed by atoms with Gasteiger partial charge in [0.2, 0.25) is 5.91 Å². The average Bonchev–Trinajstić information content (AvgIpc) is 2.74. The number of nitrogens with zero attached hydrogens (tertiary/aromatic N) is 1. The summed E-state index contributed by atoms with van der Waals surface area (Å²) in [5.74, 6) is -0.513. The van der Waals surface area contributed by atoms with Gasteiger partial charge in [-0.25, -0.2) is 5.43 Å². The highest BCUT2D eigenvalue weighted by Gasteiger charge is 2.07. The zero-order valence-electron chi connectivity index (χ0n) is 17.0. The smallest absolute Gasteiger partial charge is 0.271 e. The van der Waals surface area contributed by atoms with Crippen molar-refractivity contribution < 1.29 is 9.59 Å². The van der Waals surface area contributed by atoms with Gasteiger partial charge in [0.15, 0.2) is 0 Å². The molecule has 0 atom stereocenters. The Balaban J connectivity index is 1.48. The Morgan fingerprint density at radius 3 is 2.07 bits per heavy atom. The molecule has 0 aliphatic carbocycles. The van der Waals surface area contributed by atoms with Crippen molar-refractivity contribution in [3.05, 3.63) is 90.0 Å². The number of anilines is 3. The van der Waals surface area contributed by atoms with Crippen molar-refractivity contribution in [1.82, 2.24) is 5.43 Å². The van der Waals surface area contributed by atoms with E-state index in [-0.39, 0.29) is 18.2 Å². The molecule has 3 N–H and O–H groups in total. The van der Waals surface area contributed by atoms with Gasteiger partial charge in [-0.2, -0.15) is 5.10 Å². The number of para-hydroxylation sites is 1. The van der Waals surface area contributed by atoms with Gasteiger partial charge in [0.25, 0.3) is 5.91 Å². The van der Waals surface area contributed by atoms with Crippen LogP contribution in [0.3, 0.4) is 0 Å². The minimum absolute atomic E-state index is 0.0815. The quantitative estimate of drug-likeness (QED) is 0.391. The van der Waals surface area contributed by atoms with Crippen LogP contribution < -0.4 is 16.1 Å². The first-order valence-corrected chi connectivity index (χ1v) is 9.62. The van der Waals surface area contributed by atoms with E-state index in [1.165, 1.54) is 0 Å². The summed E-state index contributed by atoms with van der Waals surface area (Å²) in [5.41, 5.74) is 7.19. The average molecular weight is 400 g/mol. The monoisotopic (exact) mass is 400 g/mol. The molecule has 6 nitrogen and oxygen atoms in total. The van der Waals surface area contributed by atoms with Crippen molar-refractivity contribution in [3.63, 3.8) is 0 Å². The highest BCUT2D eigenvalue weighted by molar-refractivity contribution is 6.06. The number of carbonyl (C=O) groups is 2. The van der Waals surface area contributed by atoms with Crippen LogP contribution in [-0.2, 0) is 4.79 Å². The van der Waals surface area contributed by atoms with Gasteiger partial charge in [-0.05, 0) is 62.4 Å². The third-order valence-corrected chi connectivity index (χ3v) is 4.31. The molecule has 2 amide bonds.